The highest BCUT2D eigenvalue weighted by molar-refractivity contribution is 14.0. The maximum atomic E-state index is 11.7. The largest absolute Gasteiger partial charge is 0.495 e. The van der Waals surface area contributed by atoms with Gasteiger partial charge in [-0.05, 0) is 18.6 Å². The number of aliphatic imine (C=N–C) groups is 1. The molecule has 0 aliphatic heterocycles. The van der Waals surface area contributed by atoms with Crippen molar-refractivity contribution >= 4 is 53.1 Å². The summed E-state index contributed by atoms with van der Waals surface area (Å²) in [6.45, 7) is 2.08. The first-order valence-electron chi connectivity index (χ1n) is 5.63. The van der Waals surface area contributed by atoms with Crippen LogP contribution in [0.4, 0.5) is 5.69 Å². The van der Waals surface area contributed by atoms with Gasteiger partial charge in [-0.1, -0.05) is 11.6 Å². The minimum atomic E-state index is -0.204. The van der Waals surface area contributed by atoms with Crippen molar-refractivity contribution in [3.05, 3.63) is 22.7 Å². The van der Waals surface area contributed by atoms with Crippen molar-refractivity contribution in [2.24, 2.45) is 16.5 Å². The van der Waals surface area contributed by atoms with E-state index in [1.54, 1.807) is 12.1 Å². The summed E-state index contributed by atoms with van der Waals surface area (Å²) in [7, 11) is 1.51. The lowest BCUT2D eigenvalue weighted by molar-refractivity contribution is -0.116. The number of amides is 1. The maximum Gasteiger partial charge on any atom is 0.226 e. The van der Waals surface area contributed by atoms with Gasteiger partial charge in [-0.25, -0.2) is 0 Å². The number of rotatable bonds is 5. The number of nitrogens with two attached hydrogens (primary N) is 2. The molecule has 20 heavy (non-hydrogen) atoms. The van der Waals surface area contributed by atoms with Gasteiger partial charge in [-0.15, -0.1) is 24.0 Å². The number of benzene rings is 1. The zero-order chi connectivity index (χ0) is 14.4. The Kier molecular flexibility index (Phi) is 8.31. The van der Waals surface area contributed by atoms with Gasteiger partial charge >= 0.3 is 0 Å². The summed E-state index contributed by atoms with van der Waals surface area (Å²) in [5, 5.41) is 3.31. The zero-order valence-electron chi connectivity index (χ0n) is 11.3. The SMILES string of the molecule is COc1cc(Cl)c(C)cc1NC(=O)CCN=C(N)N.I. The summed E-state index contributed by atoms with van der Waals surface area (Å²) >= 11 is 5.98. The smallest absolute Gasteiger partial charge is 0.226 e. The standard InChI is InChI=1S/C12H17ClN4O2.HI/c1-7-5-9(10(19-2)6-8(7)13)17-11(18)3-4-16-12(14)15;/h5-6H,3-4H2,1-2H3,(H,17,18)(H4,14,15,16);1H. The molecule has 8 heteroatoms. The Balaban J connectivity index is 0.00000361. The summed E-state index contributed by atoms with van der Waals surface area (Å²) in [6.07, 6.45) is 0.183. The van der Waals surface area contributed by atoms with E-state index in [2.05, 4.69) is 10.3 Å². The molecule has 1 aromatic rings. The van der Waals surface area contributed by atoms with Gasteiger partial charge in [0.1, 0.15) is 5.75 Å². The van der Waals surface area contributed by atoms with Crippen molar-refractivity contribution in [2.75, 3.05) is 19.0 Å². The summed E-state index contributed by atoms with van der Waals surface area (Å²) in [4.78, 5) is 15.4. The number of halogens is 2. The molecule has 112 valence electrons. The van der Waals surface area contributed by atoms with E-state index in [9.17, 15) is 4.79 Å². The Morgan fingerprint density at radius 3 is 2.65 bits per heavy atom. The molecular formula is C12H18ClIN4O2. The number of carbonyl (C=O) groups is 1. The lowest BCUT2D eigenvalue weighted by Gasteiger charge is -2.11. The van der Waals surface area contributed by atoms with E-state index in [0.717, 1.165) is 5.56 Å². The van der Waals surface area contributed by atoms with Crippen LogP contribution in [-0.2, 0) is 4.79 Å². The maximum absolute atomic E-state index is 11.7. The molecular weight excluding hydrogens is 395 g/mol. The first-order valence-corrected chi connectivity index (χ1v) is 6.01. The Hall–Kier alpha value is -1.22. The molecule has 0 unspecified atom stereocenters. The number of methoxy groups -OCH3 is 1. The van der Waals surface area contributed by atoms with Gasteiger partial charge in [-0.3, -0.25) is 9.79 Å². The number of nitrogens with zero attached hydrogens (tertiary/aromatic N) is 1. The van der Waals surface area contributed by atoms with E-state index in [-0.39, 0.29) is 48.8 Å². The molecule has 1 amide bonds. The quantitative estimate of drug-likeness (QED) is 0.390. The van der Waals surface area contributed by atoms with Crippen molar-refractivity contribution in [2.45, 2.75) is 13.3 Å². The van der Waals surface area contributed by atoms with Crippen molar-refractivity contribution in [1.82, 2.24) is 0 Å². The number of aryl methyl sites for hydroxylation is 1. The minimum Gasteiger partial charge on any atom is -0.495 e. The van der Waals surface area contributed by atoms with E-state index < -0.39 is 0 Å². The highest BCUT2D eigenvalue weighted by Crippen LogP contribution is 2.30. The van der Waals surface area contributed by atoms with Crippen LogP contribution in [0.25, 0.3) is 0 Å². The number of anilines is 1. The van der Waals surface area contributed by atoms with Crippen LogP contribution in [-0.4, -0.2) is 25.5 Å². The van der Waals surface area contributed by atoms with Gasteiger partial charge in [-0.2, -0.15) is 0 Å². The molecule has 0 heterocycles. The van der Waals surface area contributed by atoms with Crippen molar-refractivity contribution in [3.63, 3.8) is 0 Å². The van der Waals surface area contributed by atoms with Gasteiger partial charge in [0.2, 0.25) is 5.91 Å². The first-order chi connectivity index (χ1) is 8.93. The van der Waals surface area contributed by atoms with Crippen LogP contribution in [0.3, 0.4) is 0 Å². The van der Waals surface area contributed by atoms with Gasteiger partial charge < -0.3 is 21.5 Å². The third-order valence-corrected chi connectivity index (χ3v) is 2.80. The fraction of sp³-hybridized carbons (Fsp3) is 0.333. The Morgan fingerprint density at radius 2 is 2.10 bits per heavy atom. The highest BCUT2D eigenvalue weighted by Gasteiger charge is 2.10. The molecule has 1 aromatic carbocycles. The van der Waals surface area contributed by atoms with Gasteiger partial charge in [0.25, 0.3) is 0 Å². The minimum absolute atomic E-state index is 0. The third kappa shape index (κ3) is 5.83. The summed E-state index contributed by atoms with van der Waals surface area (Å²) in [5.74, 6) is 0.267. The molecule has 0 bridgehead atoms. The summed E-state index contributed by atoms with van der Waals surface area (Å²) in [5.41, 5.74) is 11.8. The van der Waals surface area contributed by atoms with Crippen molar-refractivity contribution in [1.29, 1.82) is 0 Å². The Morgan fingerprint density at radius 1 is 1.45 bits per heavy atom. The van der Waals surface area contributed by atoms with E-state index >= 15 is 0 Å². The lowest BCUT2D eigenvalue weighted by Crippen LogP contribution is -2.23. The summed E-state index contributed by atoms with van der Waals surface area (Å²) in [6, 6.07) is 3.40. The predicted octanol–water partition coefficient (Wildman–Crippen LogP) is 1.88. The van der Waals surface area contributed by atoms with Crippen molar-refractivity contribution < 1.29 is 9.53 Å². The average Bonchev–Trinajstić information content (AvgIpc) is 2.33. The molecule has 5 N–H and O–H groups in total. The number of ether oxygens (including phenoxy) is 1. The lowest BCUT2D eigenvalue weighted by atomic mass is 10.2. The van der Waals surface area contributed by atoms with Gasteiger partial charge in [0, 0.05) is 17.5 Å². The molecule has 0 aliphatic carbocycles. The normalized spacial score (nSPS) is 9.35. The van der Waals surface area contributed by atoms with E-state index in [0.29, 0.717) is 16.5 Å². The monoisotopic (exact) mass is 412 g/mol. The fourth-order valence-electron chi connectivity index (χ4n) is 1.43. The molecule has 0 spiro atoms. The van der Waals surface area contributed by atoms with Crippen LogP contribution in [0.2, 0.25) is 5.02 Å². The van der Waals surface area contributed by atoms with E-state index in [4.69, 9.17) is 27.8 Å². The number of nitrogens with one attached hydrogen (secondary N) is 1. The average molecular weight is 413 g/mol. The Bertz CT molecular complexity index is 504. The predicted molar refractivity (Wildman–Crippen MR) is 92.1 cm³/mol. The second-order valence-electron chi connectivity index (χ2n) is 3.91. The Labute approximate surface area is 139 Å². The van der Waals surface area contributed by atoms with Crippen LogP contribution in [0.1, 0.15) is 12.0 Å². The third-order valence-electron chi connectivity index (χ3n) is 2.39. The second kappa shape index (κ2) is 8.85. The molecule has 0 saturated carbocycles. The van der Waals surface area contributed by atoms with Crippen LogP contribution in [0.5, 0.6) is 5.75 Å². The van der Waals surface area contributed by atoms with E-state index in [1.807, 2.05) is 6.92 Å². The molecule has 0 fully saturated rings. The fourth-order valence-corrected chi connectivity index (χ4v) is 1.58. The molecule has 0 radical (unpaired) electrons. The molecule has 1 rings (SSSR count). The van der Waals surface area contributed by atoms with Gasteiger partial charge in [0.05, 0.1) is 19.3 Å². The first kappa shape index (κ1) is 18.8. The number of carbonyl (C=O) groups excluding carboxylic acids is 1. The molecule has 0 saturated heterocycles. The van der Waals surface area contributed by atoms with Crippen LogP contribution < -0.4 is 21.5 Å². The van der Waals surface area contributed by atoms with Gasteiger partial charge in [0.15, 0.2) is 5.96 Å². The van der Waals surface area contributed by atoms with Crippen LogP contribution in [0.15, 0.2) is 17.1 Å². The topological polar surface area (TPSA) is 103 Å². The highest BCUT2D eigenvalue weighted by atomic mass is 127. The van der Waals surface area contributed by atoms with Crippen molar-refractivity contribution in [3.8, 4) is 5.75 Å². The van der Waals surface area contributed by atoms with Crippen LogP contribution >= 0.6 is 35.6 Å². The molecule has 0 aromatic heterocycles. The molecule has 0 atom stereocenters. The van der Waals surface area contributed by atoms with E-state index in [1.165, 1.54) is 7.11 Å². The molecule has 0 aliphatic rings. The zero-order valence-corrected chi connectivity index (χ0v) is 14.4. The number of hydrogen-bond acceptors (Lipinski definition) is 3. The number of hydrogen-bond donors (Lipinski definition) is 3. The number of guanidine groups is 1. The second-order valence-corrected chi connectivity index (χ2v) is 4.31. The summed E-state index contributed by atoms with van der Waals surface area (Å²) < 4.78 is 5.16. The molecule has 6 nitrogen and oxygen atoms in total. The van der Waals surface area contributed by atoms with Crippen LogP contribution in [0, 0.1) is 6.92 Å².